The molecule has 1 unspecified atom stereocenters. The topological polar surface area (TPSA) is 94.6 Å². The van der Waals surface area contributed by atoms with Crippen molar-refractivity contribution in [2.75, 3.05) is 13.2 Å². The summed E-state index contributed by atoms with van der Waals surface area (Å²) in [6.45, 7) is 6.35. The number of benzene rings is 1. The molecule has 144 valence electrons. The van der Waals surface area contributed by atoms with Gasteiger partial charge in [-0.25, -0.2) is 4.79 Å². The summed E-state index contributed by atoms with van der Waals surface area (Å²) in [5.74, 6) is -0.144. The number of hydrogen-bond donors (Lipinski definition) is 1. The second kappa shape index (κ2) is 9.67. The van der Waals surface area contributed by atoms with Gasteiger partial charge in [0.1, 0.15) is 23.2 Å². The largest absolute Gasteiger partial charge is 0.494 e. The molecule has 0 saturated heterocycles. The van der Waals surface area contributed by atoms with Gasteiger partial charge in [0, 0.05) is 0 Å². The van der Waals surface area contributed by atoms with Crippen LogP contribution in [-0.2, 0) is 14.3 Å². The van der Waals surface area contributed by atoms with Crippen molar-refractivity contribution < 1.29 is 19.0 Å². The zero-order valence-corrected chi connectivity index (χ0v) is 16.1. The maximum Gasteiger partial charge on any atom is 0.338 e. The molecule has 1 atom stereocenters. The normalized spacial score (nSPS) is 16.6. The lowest BCUT2D eigenvalue weighted by molar-refractivity contribution is -0.139. The van der Waals surface area contributed by atoms with Crippen LogP contribution in [-0.4, -0.2) is 19.2 Å². The molecule has 2 N–H and O–H groups in total. The molecule has 27 heavy (non-hydrogen) atoms. The lowest BCUT2D eigenvalue weighted by atomic mass is 9.83. The van der Waals surface area contributed by atoms with Crippen molar-refractivity contribution in [2.45, 2.75) is 46.0 Å². The van der Waals surface area contributed by atoms with Gasteiger partial charge in [-0.15, -0.1) is 0 Å². The average Bonchev–Trinajstić information content (AvgIpc) is 2.65. The highest BCUT2D eigenvalue weighted by atomic mass is 16.5. The number of nitrogens with zero attached hydrogens (tertiary/aromatic N) is 1. The molecule has 0 bridgehead atoms. The smallest absolute Gasteiger partial charge is 0.338 e. The molecule has 1 aromatic rings. The molecule has 1 aliphatic heterocycles. The van der Waals surface area contributed by atoms with Crippen LogP contribution in [0.15, 0.2) is 47.1 Å². The standard InChI is InChI=1S/C21H26N2O4/c1-4-6-7-11-26-16-10-8-9-15(12-16)19-17(13-22)20(23)27-14(3)18(19)21(24)25-5-2/h8-10,12,19H,4-7,11,23H2,1-3H3. The van der Waals surface area contributed by atoms with Gasteiger partial charge in [-0.1, -0.05) is 31.9 Å². The van der Waals surface area contributed by atoms with Gasteiger partial charge in [0.15, 0.2) is 0 Å². The Bertz CT molecular complexity index is 790. The Morgan fingerprint density at radius 2 is 2.11 bits per heavy atom. The van der Waals surface area contributed by atoms with E-state index in [4.69, 9.17) is 19.9 Å². The lowest BCUT2D eigenvalue weighted by Crippen LogP contribution is -2.25. The Labute approximate surface area is 160 Å². The van der Waals surface area contributed by atoms with Crippen LogP contribution in [0.1, 0.15) is 51.5 Å². The van der Waals surface area contributed by atoms with Gasteiger partial charge in [-0.2, -0.15) is 5.26 Å². The maximum atomic E-state index is 12.5. The fourth-order valence-corrected chi connectivity index (χ4v) is 3.01. The van der Waals surface area contributed by atoms with E-state index in [0.717, 1.165) is 24.8 Å². The molecule has 0 saturated carbocycles. The Morgan fingerprint density at radius 1 is 1.33 bits per heavy atom. The first-order valence-electron chi connectivity index (χ1n) is 9.21. The predicted molar refractivity (Wildman–Crippen MR) is 101 cm³/mol. The van der Waals surface area contributed by atoms with Crippen molar-refractivity contribution in [3.63, 3.8) is 0 Å². The Kier molecular flexibility index (Phi) is 7.30. The quantitative estimate of drug-likeness (QED) is 0.551. The Hall–Kier alpha value is -2.94. The summed E-state index contributed by atoms with van der Waals surface area (Å²) >= 11 is 0. The number of hydrogen-bond acceptors (Lipinski definition) is 6. The first-order valence-corrected chi connectivity index (χ1v) is 9.21. The van der Waals surface area contributed by atoms with Crippen LogP contribution >= 0.6 is 0 Å². The lowest BCUT2D eigenvalue weighted by Gasteiger charge is -2.27. The zero-order valence-electron chi connectivity index (χ0n) is 16.1. The summed E-state index contributed by atoms with van der Waals surface area (Å²) in [4.78, 5) is 12.5. The van der Waals surface area contributed by atoms with Crippen molar-refractivity contribution in [1.82, 2.24) is 0 Å². The minimum atomic E-state index is -0.651. The highest BCUT2D eigenvalue weighted by Gasteiger charge is 2.36. The number of rotatable bonds is 8. The Morgan fingerprint density at radius 3 is 2.78 bits per heavy atom. The number of esters is 1. The van der Waals surface area contributed by atoms with Crippen molar-refractivity contribution in [3.05, 3.63) is 52.6 Å². The van der Waals surface area contributed by atoms with Crippen LogP contribution in [0.25, 0.3) is 0 Å². The summed E-state index contributed by atoms with van der Waals surface area (Å²) in [5.41, 5.74) is 7.11. The van der Waals surface area contributed by atoms with E-state index in [0.29, 0.717) is 18.1 Å². The molecule has 1 aromatic carbocycles. The zero-order chi connectivity index (χ0) is 19.8. The molecular weight excluding hydrogens is 344 g/mol. The van der Waals surface area contributed by atoms with E-state index in [1.165, 1.54) is 0 Å². The number of nitriles is 1. The van der Waals surface area contributed by atoms with Gasteiger partial charge in [-0.05, 0) is 38.0 Å². The van der Waals surface area contributed by atoms with E-state index in [9.17, 15) is 10.1 Å². The number of ether oxygens (including phenoxy) is 3. The SMILES string of the molecule is CCCCCOc1cccc(C2C(C#N)=C(N)OC(C)=C2C(=O)OCC)c1. The van der Waals surface area contributed by atoms with Crippen molar-refractivity contribution >= 4 is 5.97 Å². The van der Waals surface area contributed by atoms with Gasteiger partial charge in [0.2, 0.25) is 5.88 Å². The summed E-state index contributed by atoms with van der Waals surface area (Å²) in [6.07, 6.45) is 3.20. The van der Waals surface area contributed by atoms with Gasteiger partial charge in [0.25, 0.3) is 0 Å². The summed E-state index contributed by atoms with van der Waals surface area (Å²) in [7, 11) is 0. The molecule has 0 spiro atoms. The molecule has 2 rings (SSSR count). The summed E-state index contributed by atoms with van der Waals surface area (Å²) in [6, 6.07) is 9.44. The molecule has 6 nitrogen and oxygen atoms in total. The van der Waals surface area contributed by atoms with Crippen LogP contribution in [0.3, 0.4) is 0 Å². The van der Waals surface area contributed by atoms with Crippen molar-refractivity contribution in [3.8, 4) is 11.8 Å². The van der Waals surface area contributed by atoms with E-state index in [1.807, 2.05) is 24.3 Å². The molecule has 0 aliphatic carbocycles. The Balaban J connectivity index is 2.39. The van der Waals surface area contributed by atoms with Gasteiger partial charge >= 0.3 is 5.97 Å². The minimum absolute atomic E-state index is 0.00214. The second-order valence-electron chi connectivity index (χ2n) is 6.24. The van der Waals surface area contributed by atoms with E-state index < -0.39 is 11.9 Å². The van der Waals surface area contributed by atoms with Crippen LogP contribution in [0.5, 0.6) is 5.75 Å². The maximum absolute atomic E-state index is 12.5. The van der Waals surface area contributed by atoms with E-state index >= 15 is 0 Å². The summed E-state index contributed by atoms with van der Waals surface area (Å²) < 4.78 is 16.4. The fourth-order valence-electron chi connectivity index (χ4n) is 3.01. The predicted octanol–water partition coefficient (Wildman–Crippen LogP) is 3.90. The third-order valence-corrected chi connectivity index (χ3v) is 4.31. The van der Waals surface area contributed by atoms with Gasteiger partial charge in [0.05, 0.1) is 24.7 Å². The number of nitrogens with two attached hydrogens (primary N) is 1. The molecule has 0 aromatic heterocycles. The number of unbranched alkanes of at least 4 members (excludes halogenated alkanes) is 2. The molecule has 1 aliphatic rings. The van der Waals surface area contributed by atoms with Crippen LogP contribution in [0, 0.1) is 11.3 Å². The highest BCUT2D eigenvalue weighted by molar-refractivity contribution is 5.92. The first kappa shape index (κ1) is 20.4. The van der Waals surface area contributed by atoms with Crippen molar-refractivity contribution in [2.24, 2.45) is 5.73 Å². The third-order valence-electron chi connectivity index (χ3n) is 4.31. The molecule has 0 fully saturated rings. The molecule has 1 heterocycles. The molecule has 0 amide bonds. The summed E-state index contributed by atoms with van der Waals surface area (Å²) in [5, 5.41) is 9.60. The van der Waals surface area contributed by atoms with E-state index in [1.54, 1.807) is 13.8 Å². The third kappa shape index (κ3) is 4.82. The molecular formula is C21H26N2O4. The number of carbonyl (C=O) groups excluding carboxylic acids is 1. The van der Waals surface area contributed by atoms with Gasteiger partial charge in [-0.3, -0.25) is 0 Å². The highest BCUT2D eigenvalue weighted by Crippen LogP contribution is 2.40. The van der Waals surface area contributed by atoms with Gasteiger partial charge < -0.3 is 19.9 Å². The van der Waals surface area contributed by atoms with Crippen LogP contribution in [0.4, 0.5) is 0 Å². The first-order chi connectivity index (χ1) is 13.0. The average molecular weight is 370 g/mol. The number of allylic oxidation sites excluding steroid dienone is 2. The molecule has 0 radical (unpaired) electrons. The monoisotopic (exact) mass is 370 g/mol. The van der Waals surface area contributed by atoms with Crippen LogP contribution in [0.2, 0.25) is 0 Å². The van der Waals surface area contributed by atoms with Crippen LogP contribution < -0.4 is 10.5 Å². The molecule has 6 heteroatoms. The number of carbonyl (C=O) groups is 1. The van der Waals surface area contributed by atoms with Crippen molar-refractivity contribution in [1.29, 1.82) is 5.26 Å². The van der Waals surface area contributed by atoms with E-state index in [-0.39, 0.29) is 23.6 Å². The second-order valence-corrected chi connectivity index (χ2v) is 6.24. The van der Waals surface area contributed by atoms with E-state index in [2.05, 4.69) is 13.0 Å². The minimum Gasteiger partial charge on any atom is -0.494 e. The fraction of sp³-hybridized carbons (Fsp3) is 0.429.